The standard InChI is InChI=1S/C16H15NS/c1-2-16(13-8-4-3-5-9-13)12-18-15-11-7-6-10-14(15)17-16/h2-11,17H,1,12H2. The van der Waals surface area contributed by atoms with Crippen LogP contribution in [0.1, 0.15) is 5.56 Å². The monoisotopic (exact) mass is 253 g/mol. The molecule has 0 fully saturated rings. The molecule has 18 heavy (non-hydrogen) atoms. The SMILES string of the molecule is C=CC1(c2ccccc2)CSc2ccccc2N1. The lowest BCUT2D eigenvalue weighted by molar-refractivity contribution is 0.694. The quantitative estimate of drug-likeness (QED) is 0.801. The average Bonchev–Trinajstić information content (AvgIpc) is 2.47. The largest absolute Gasteiger partial charge is 0.370 e. The van der Waals surface area contributed by atoms with Gasteiger partial charge in [0.25, 0.3) is 0 Å². The van der Waals surface area contributed by atoms with Crippen molar-refractivity contribution in [3.63, 3.8) is 0 Å². The lowest BCUT2D eigenvalue weighted by Crippen LogP contribution is -2.38. The van der Waals surface area contributed by atoms with Crippen molar-refractivity contribution in [2.75, 3.05) is 11.1 Å². The van der Waals surface area contributed by atoms with E-state index >= 15 is 0 Å². The van der Waals surface area contributed by atoms with Gasteiger partial charge in [0, 0.05) is 16.3 Å². The van der Waals surface area contributed by atoms with Crippen LogP contribution < -0.4 is 5.32 Å². The number of fused-ring (bicyclic) bond motifs is 1. The van der Waals surface area contributed by atoms with E-state index in [1.165, 1.54) is 16.1 Å². The molecule has 2 aromatic carbocycles. The van der Waals surface area contributed by atoms with Crippen molar-refractivity contribution < 1.29 is 0 Å². The summed E-state index contributed by atoms with van der Waals surface area (Å²) in [7, 11) is 0. The number of hydrogen-bond donors (Lipinski definition) is 1. The maximum Gasteiger partial charge on any atom is 0.0902 e. The molecule has 1 aliphatic rings. The van der Waals surface area contributed by atoms with E-state index in [9.17, 15) is 0 Å². The molecule has 1 nitrogen and oxygen atoms in total. The summed E-state index contributed by atoms with van der Waals surface area (Å²) in [5, 5.41) is 3.64. The fraction of sp³-hybridized carbons (Fsp3) is 0.125. The molecule has 0 spiro atoms. The molecule has 0 aliphatic carbocycles. The van der Waals surface area contributed by atoms with Gasteiger partial charge in [-0.1, -0.05) is 48.5 Å². The molecule has 1 atom stereocenters. The molecular formula is C16H15NS. The highest BCUT2D eigenvalue weighted by Crippen LogP contribution is 2.42. The first-order chi connectivity index (χ1) is 8.84. The van der Waals surface area contributed by atoms with Crippen LogP contribution in [0.5, 0.6) is 0 Å². The van der Waals surface area contributed by atoms with Gasteiger partial charge >= 0.3 is 0 Å². The molecule has 1 heterocycles. The van der Waals surface area contributed by atoms with Crippen molar-refractivity contribution in [3.05, 3.63) is 72.8 Å². The van der Waals surface area contributed by atoms with Crippen LogP contribution in [-0.4, -0.2) is 5.75 Å². The highest BCUT2D eigenvalue weighted by Gasteiger charge is 2.32. The Morgan fingerprint density at radius 2 is 1.78 bits per heavy atom. The van der Waals surface area contributed by atoms with Gasteiger partial charge in [0.1, 0.15) is 0 Å². The van der Waals surface area contributed by atoms with Crippen LogP contribution in [0.25, 0.3) is 0 Å². The second-order valence-corrected chi connectivity index (χ2v) is 5.47. The van der Waals surface area contributed by atoms with Gasteiger partial charge in [0.2, 0.25) is 0 Å². The van der Waals surface area contributed by atoms with Crippen LogP contribution in [-0.2, 0) is 5.54 Å². The molecule has 0 bridgehead atoms. The van der Waals surface area contributed by atoms with Crippen molar-refractivity contribution in [2.24, 2.45) is 0 Å². The third-order valence-electron chi connectivity index (χ3n) is 3.34. The van der Waals surface area contributed by atoms with Crippen molar-refractivity contribution in [3.8, 4) is 0 Å². The molecule has 0 radical (unpaired) electrons. The molecule has 0 amide bonds. The van der Waals surface area contributed by atoms with Gasteiger partial charge in [0.15, 0.2) is 0 Å². The van der Waals surface area contributed by atoms with E-state index in [4.69, 9.17) is 0 Å². The minimum atomic E-state index is -0.166. The molecule has 0 saturated heterocycles. The molecule has 2 heteroatoms. The topological polar surface area (TPSA) is 12.0 Å². The third-order valence-corrected chi connectivity index (χ3v) is 4.60. The molecular weight excluding hydrogens is 238 g/mol. The maximum atomic E-state index is 4.03. The Kier molecular flexibility index (Phi) is 2.88. The molecule has 90 valence electrons. The summed E-state index contributed by atoms with van der Waals surface area (Å²) in [6, 6.07) is 18.9. The van der Waals surface area contributed by atoms with Crippen molar-refractivity contribution in [1.29, 1.82) is 0 Å². The van der Waals surface area contributed by atoms with Gasteiger partial charge in [-0.15, -0.1) is 18.3 Å². The van der Waals surface area contributed by atoms with Gasteiger partial charge in [-0.25, -0.2) is 0 Å². The highest BCUT2D eigenvalue weighted by molar-refractivity contribution is 7.99. The Hall–Kier alpha value is -1.67. The number of anilines is 1. The highest BCUT2D eigenvalue weighted by atomic mass is 32.2. The van der Waals surface area contributed by atoms with Crippen LogP contribution in [0, 0.1) is 0 Å². The van der Waals surface area contributed by atoms with Gasteiger partial charge in [-0.3, -0.25) is 0 Å². The van der Waals surface area contributed by atoms with E-state index in [2.05, 4.69) is 60.4 Å². The third kappa shape index (κ3) is 1.83. The lowest BCUT2D eigenvalue weighted by Gasteiger charge is -2.37. The summed E-state index contributed by atoms with van der Waals surface area (Å²) in [6.07, 6.45) is 2.02. The van der Waals surface area contributed by atoms with Crippen LogP contribution in [0.3, 0.4) is 0 Å². The summed E-state index contributed by atoms with van der Waals surface area (Å²) in [5.74, 6) is 0.970. The smallest absolute Gasteiger partial charge is 0.0902 e. The minimum absolute atomic E-state index is 0.166. The molecule has 2 aromatic rings. The average molecular weight is 253 g/mol. The van der Waals surface area contributed by atoms with Gasteiger partial charge in [-0.2, -0.15) is 0 Å². The molecule has 1 unspecified atom stereocenters. The maximum absolute atomic E-state index is 4.03. The number of thioether (sulfide) groups is 1. The fourth-order valence-electron chi connectivity index (χ4n) is 2.28. The van der Waals surface area contributed by atoms with Crippen LogP contribution in [0.15, 0.2) is 72.1 Å². The Balaban J connectivity index is 2.04. The van der Waals surface area contributed by atoms with Gasteiger partial charge in [0.05, 0.1) is 5.54 Å². The summed E-state index contributed by atoms with van der Waals surface area (Å²) in [4.78, 5) is 1.31. The Morgan fingerprint density at radius 3 is 2.56 bits per heavy atom. The Bertz CT molecular complexity index is 564. The van der Waals surface area contributed by atoms with Gasteiger partial charge in [-0.05, 0) is 17.7 Å². The van der Waals surface area contributed by atoms with E-state index in [0.717, 1.165) is 5.75 Å². The second-order valence-electron chi connectivity index (χ2n) is 4.45. The predicted octanol–water partition coefficient (Wildman–Crippen LogP) is 4.29. The molecule has 0 aromatic heterocycles. The van der Waals surface area contributed by atoms with Crippen molar-refractivity contribution in [2.45, 2.75) is 10.4 Å². The summed E-state index contributed by atoms with van der Waals surface area (Å²) < 4.78 is 0. The van der Waals surface area contributed by atoms with Gasteiger partial charge < -0.3 is 5.32 Å². The first kappa shape index (κ1) is 11.4. The zero-order valence-corrected chi connectivity index (χ0v) is 10.9. The van der Waals surface area contributed by atoms with E-state index in [0.29, 0.717) is 0 Å². The molecule has 1 aliphatic heterocycles. The van der Waals surface area contributed by atoms with E-state index in [1.54, 1.807) is 0 Å². The van der Waals surface area contributed by atoms with Crippen molar-refractivity contribution >= 4 is 17.4 Å². The van der Waals surface area contributed by atoms with Crippen LogP contribution in [0.4, 0.5) is 5.69 Å². The lowest BCUT2D eigenvalue weighted by atomic mass is 9.91. The summed E-state index contributed by atoms with van der Waals surface area (Å²) >= 11 is 1.88. The van der Waals surface area contributed by atoms with E-state index in [-0.39, 0.29) is 5.54 Å². The minimum Gasteiger partial charge on any atom is -0.370 e. The Morgan fingerprint density at radius 1 is 1.06 bits per heavy atom. The number of hydrogen-bond acceptors (Lipinski definition) is 2. The van der Waals surface area contributed by atoms with Crippen molar-refractivity contribution in [1.82, 2.24) is 0 Å². The molecule has 1 N–H and O–H groups in total. The first-order valence-corrected chi connectivity index (χ1v) is 7.02. The summed E-state index contributed by atoms with van der Waals surface area (Å²) in [6.45, 7) is 4.03. The number of rotatable bonds is 2. The summed E-state index contributed by atoms with van der Waals surface area (Å²) in [5.41, 5.74) is 2.29. The zero-order valence-electron chi connectivity index (χ0n) is 10.1. The fourth-order valence-corrected chi connectivity index (χ4v) is 3.47. The predicted molar refractivity (Wildman–Crippen MR) is 79.1 cm³/mol. The molecule has 0 saturated carbocycles. The number of nitrogens with one attached hydrogen (secondary N) is 1. The van der Waals surface area contributed by atoms with Crippen LogP contribution in [0.2, 0.25) is 0 Å². The van der Waals surface area contributed by atoms with E-state index < -0.39 is 0 Å². The zero-order chi connectivity index (χ0) is 12.4. The number of benzene rings is 2. The number of para-hydroxylation sites is 1. The van der Waals surface area contributed by atoms with E-state index in [1.807, 2.05) is 23.9 Å². The Labute approximate surface area is 112 Å². The molecule has 3 rings (SSSR count). The first-order valence-electron chi connectivity index (χ1n) is 6.03. The normalized spacial score (nSPS) is 21.8. The second kappa shape index (κ2) is 4.54. The van der Waals surface area contributed by atoms with Crippen LogP contribution >= 0.6 is 11.8 Å².